The van der Waals surface area contributed by atoms with Crippen molar-refractivity contribution in [3.8, 4) is 0 Å². The number of carbonyl (C=O) groups excluding carboxylic acids is 2. The number of benzene rings is 1. The van der Waals surface area contributed by atoms with Crippen LogP contribution in [0.25, 0.3) is 0 Å². The summed E-state index contributed by atoms with van der Waals surface area (Å²) in [4.78, 5) is 30.5. The largest absolute Gasteiger partial charge is 0.370 e. The molecular formula is C23H30N6O2. The van der Waals surface area contributed by atoms with Gasteiger partial charge in [0.15, 0.2) is 0 Å². The standard InChI is InChI=1S/C23H30N6O2/c1-3-11-29(17-5-7-19(26-15-17)21(30)24-2)12-10-25-14-16-4-6-18-20(13-16)27-22(31)23(28-18)8-9-23/h4-7,13,15,25,28H,3,8-12,14H2,1-2H3,(H,24,30)(H,27,31). The zero-order valence-electron chi connectivity index (χ0n) is 18.1. The lowest BCUT2D eigenvalue weighted by Crippen LogP contribution is -2.41. The van der Waals surface area contributed by atoms with Crippen LogP contribution in [0.5, 0.6) is 0 Å². The van der Waals surface area contributed by atoms with E-state index in [1.54, 1.807) is 19.3 Å². The average Bonchev–Trinajstić information content (AvgIpc) is 3.57. The number of carbonyl (C=O) groups is 2. The van der Waals surface area contributed by atoms with Crippen LogP contribution in [-0.4, -0.2) is 49.0 Å². The van der Waals surface area contributed by atoms with Crippen molar-refractivity contribution in [1.29, 1.82) is 0 Å². The number of anilines is 3. The van der Waals surface area contributed by atoms with Gasteiger partial charge in [-0.05, 0) is 49.1 Å². The molecule has 1 aliphatic carbocycles. The lowest BCUT2D eigenvalue weighted by Gasteiger charge is -2.27. The smallest absolute Gasteiger partial charge is 0.269 e. The van der Waals surface area contributed by atoms with E-state index in [-0.39, 0.29) is 17.4 Å². The molecule has 0 saturated heterocycles. The van der Waals surface area contributed by atoms with Crippen LogP contribution in [0.15, 0.2) is 36.5 Å². The summed E-state index contributed by atoms with van der Waals surface area (Å²) in [7, 11) is 1.60. The molecule has 1 saturated carbocycles. The van der Waals surface area contributed by atoms with Gasteiger partial charge in [-0.3, -0.25) is 9.59 Å². The van der Waals surface area contributed by atoms with E-state index < -0.39 is 0 Å². The molecule has 1 aliphatic heterocycles. The van der Waals surface area contributed by atoms with Gasteiger partial charge in [-0.2, -0.15) is 0 Å². The van der Waals surface area contributed by atoms with Crippen LogP contribution in [-0.2, 0) is 11.3 Å². The highest BCUT2D eigenvalue weighted by atomic mass is 16.2. The molecule has 31 heavy (non-hydrogen) atoms. The third-order valence-corrected chi connectivity index (χ3v) is 5.84. The number of aromatic nitrogens is 1. The Labute approximate surface area is 182 Å². The Bertz CT molecular complexity index is 955. The lowest BCUT2D eigenvalue weighted by atomic mass is 10.1. The molecule has 0 bridgehead atoms. The molecule has 2 aromatic rings. The second-order valence-electron chi connectivity index (χ2n) is 8.19. The summed E-state index contributed by atoms with van der Waals surface area (Å²) in [6.07, 6.45) is 4.59. The van der Waals surface area contributed by atoms with Gasteiger partial charge in [0.05, 0.1) is 23.3 Å². The van der Waals surface area contributed by atoms with Crippen molar-refractivity contribution < 1.29 is 9.59 Å². The van der Waals surface area contributed by atoms with E-state index in [1.165, 1.54) is 0 Å². The average molecular weight is 423 g/mol. The third kappa shape index (κ3) is 4.64. The third-order valence-electron chi connectivity index (χ3n) is 5.84. The molecule has 2 aliphatic rings. The van der Waals surface area contributed by atoms with Gasteiger partial charge in [0.2, 0.25) is 5.91 Å². The highest BCUT2D eigenvalue weighted by Crippen LogP contribution is 2.45. The molecule has 0 atom stereocenters. The fraction of sp³-hybridized carbons (Fsp3) is 0.435. The minimum Gasteiger partial charge on any atom is -0.370 e. The topological polar surface area (TPSA) is 98.4 Å². The number of nitrogens with one attached hydrogen (secondary N) is 4. The molecule has 8 heteroatoms. The summed E-state index contributed by atoms with van der Waals surface area (Å²) in [5, 5.41) is 12.5. The second kappa shape index (κ2) is 8.93. The van der Waals surface area contributed by atoms with E-state index in [2.05, 4.69) is 50.2 Å². The molecule has 0 radical (unpaired) electrons. The van der Waals surface area contributed by atoms with Gasteiger partial charge >= 0.3 is 0 Å². The van der Waals surface area contributed by atoms with Gasteiger partial charge in [-0.25, -0.2) is 4.98 Å². The Morgan fingerprint density at radius 2 is 2.03 bits per heavy atom. The Hall–Kier alpha value is -3.13. The van der Waals surface area contributed by atoms with Crippen molar-refractivity contribution in [3.05, 3.63) is 47.8 Å². The Morgan fingerprint density at radius 1 is 1.19 bits per heavy atom. The fourth-order valence-electron chi connectivity index (χ4n) is 3.87. The highest BCUT2D eigenvalue weighted by molar-refractivity contribution is 6.08. The number of amides is 2. The van der Waals surface area contributed by atoms with E-state index >= 15 is 0 Å². The molecule has 1 spiro atoms. The first-order valence-corrected chi connectivity index (χ1v) is 10.9. The maximum absolute atomic E-state index is 12.2. The maximum atomic E-state index is 12.2. The first-order valence-electron chi connectivity index (χ1n) is 10.9. The molecule has 4 N–H and O–H groups in total. The monoisotopic (exact) mass is 422 g/mol. The van der Waals surface area contributed by atoms with Gasteiger partial charge in [0, 0.05) is 33.2 Å². The predicted molar refractivity (Wildman–Crippen MR) is 122 cm³/mol. The number of hydrogen-bond donors (Lipinski definition) is 4. The SMILES string of the molecule is CCCN(CCNCc1ccc2c(c1)NC(=O)C1(CC1)N2)c1ccc(C(=O)NC)nc1. The summed E-state index contributed by atoms with van der Waals surface area (Å²) in [6, 6.07) is 9.88. The molecule has 1 fully saturated rings. The minimum atomic E-state index is -0.358. The minimum absolute atomic E-state index is 0.0800. The zero-order valence-corrected chi connectivity index (χ0v) is 18.1. The molecule has 2 heterocycles. The molecule has 4 rings (SSSR count). The van der Waals surface area contributed by atoms with Crippen molar-refractivity contribution in [2.75, 3.05) is 42.2 Å². The molecule has 1 aromatic carbocycles. The number of hydrogen-bond acceptors (Lipinski definition) is 6. The first kappa shape index (κ1) is 21.1. The first-order chi connectivity index (χ1) is 15.0. The maximum Gasteiger partial charge on any atom is 0.269 e. The van der Waals surface area contributed by atoms with Gasteiger partial charge in [-0.1, -0.05) is 13.0 Å². The van der Waals surface area contributed by atoms with Gasteiger partial charge < -0.3 is 26.2 Å². The highest BCUT2D eigenvalue weighted by Gasteiger charge is 2.52. The van der Waals surface area contributed by atoms with E-state index in [9.17, 15) is 9.59 Å². The summed E-state index contributed by atoms with van der Waals surface area (Å²) in [5.74, 6) is -0.102. The van der Waals surface area contributed by atoms with Crippen LogP contribution in [0.3, 0.4) is 0 Å². The number of nitrogens with zero attached hydrogens (tertiary/aromatic N) is 2. The van der Waals surface area contributed by atoms with E-state index in [4.69, 9.17) is 0 Å². The van der Waals surface area contributed by atoms with Crippen LogP contribution < -0.4 is 26.2 Å². The van der Waals surface area contributed by atoms with Crippen molar-refractivity contribution in [2.45, 2.75) is 38.3 Å². The van der Waals surface area contributed by atoms with Gasteiger partial charge in [0.25, 0.3) is 5.91 Å². The molecule has 8 nitrogen and oxygen atoms in total. The van der Waals surface area contributed by atoms with Crippen molar-refractivity contribution in [3.63, 3.8) is 0 Å². The Balaban J connectivity index is 1.30. The van der Waals surface area contributed by atoms with Crippen LogP contribution in [0.4, 0.5) is 17.1 Å². The van der Waals surface area contributed by atoms with Crippen LogP contribution in [0.1, 0.15) is 42.2 Å². The Morgan fingerprint density at radius 3 is 2.71 bits per heavy atom. The summed E-state index contributed by atoms with van der Waals surface area (Å²) in [5.41, 5.74) is 4.06. The quantitative estimate of drug-likeness (QED) is 0.463. The summed E-state index contributed by atoms with van der Waals surface area (Å²) >= 11 is 0. The van der Waals surface area contributed by atoms with Gasteiger partial charge in [0.1, 0.15) is 11.2 Å². The fourth-order valence-corrected chi connectivity index (χ4v) is 3.87. The van der Waals surface area contributed by atoms with Crippen LogP contribution in [0.2, 0.25) is 0 Å². The summed E-state index contributed by atoms with van der Waals surface area (Å²) in [6.45, 7) is 5.43. The zero-order chi connectivity index (χ0) is 21.8. The Kier molecular flexibility index (Phi) is 6.08. The van der Waals surface area contributed by atoms with Crippen molar-refractivity contribution in [1.82, 2.24) is 15.6 Å². The van der Waals surface area contributed by atoms with E-state index in [0.717, 1.165) is 68.1 Å². The molecule has 1 aromatic heterocycles. The number of pyridine rings is 1. The number of rotatable bonds is 9. The van der Waals surface area contributed by atoms with Gasteiger partial charge in [-0.15, -0.1) is 0 Å². The molecule has 2 amide bonds. The predicted octanol–water partition coefficient (Wildman–Crippen LogP) is 2.34. The van der Waals surface area contributed by atoms with Crippen molar-refractivity contribution >= 4 is 28.9 Å². The number of fused-ring (bicyclic) bond motifs is 1. The van der Waals surface area contributed by atoms with E-state index in [1.807, 2.05) is 12.1 Å². The molecule has 164 valence electrons. The van der Waals surface area contributed by atoms with Crippen LogP contribution in [0, 0.1) is 0 Å². The lowest BCUT2D eigenvalue weighted by molar-refractivity contribution is -0.117. The normalized spacial score (nSPS) is 15.6. The van der Waals surface area contributed by atoms with Crippen LogP contribution >= 0.6 is 0 Å². The van der Waals surface area contributed by atoms with Crippen molar-refractivity contribution in [2.24, 2.45) is 0 Å². The molecular weight excluding hydrogens is 392 g/mol. The second-order valence-corrected chi connectivity index (χ2v) is 8.19. The summed E-state index contributed by atoms with van der Waals surface area (Å²) < 4.78 is 0. The molecule has 0 unspecified atom stereocenters. The van der Waals surface area contributed by atoms with E-state index in [0.29, 0.717) is 5.69 Å².